The van der Waals surface area contributed by atoms with E-state index in [1.165, 1.54) is 4.31 Å². The molecule has 0 fully saturated rings. The molecule has 1 aromatic carbocycles. The number of rotatable bonds is 3. The number of nitrogens with zero attached hydrogens (tertiary/aromatic N) is 2. The largest absolute Gasteiger partial charge is 0.304 e. The van der Waals surface area contributed by atoms with Crippen LogP contribution in [0.25, 0.3) is 0 Å². The molecule has 1 heterocycles. The number of halogens is 1. The highest BCUT2D eigenvalue weighted by Crippen LogP contribution is 2.25. The van der Waals surface area contributed by atoms with Gasteiger partial charge in [-0.05, 0) is 19.4 Å². The minimum atomic E-state index is -3.83. The third kappa shape index (κ3) is 2.70. The van der Waals surface area contributed by atoms with Gasteiger partial charge in [-0.25, -0.2) is 8.42 Å². The van der Waals surface area contributed by atoms with Crippen molar-refractivity contribution in [1.29, 1.82) is 0 Å². The zero-order valence-electron chi connectivity index (χ0n) is 10.7. The second-order valence-corrected chi connectivity index (χ2v) is 6.49. The molecule has 0 aliphatic carbocycles. The van der Waals surface area contributed by atoms with Gasteiger partial charge in [0.25, 0.3) is 0 Å². The monoisotopic (exact) mass is 300 g/mol. The summed E-state index contributed by atoms with van der Waals surface area (Å²) >= 11 is 0. The molecule has 1 aromatic rings. The fraction of sp³-hybridized carbons (Fsp3) is 0.333. The van der Waals surface area contributed by atoms with Gasteiger partial charge in [0.2, 0.25) is 15.8 Å². The first-order valence-corrected chi connectivity index (χ1v) is 7.36. The highest BCUT2D eigenvalue weighted by molar-refractivity contribution is 7.89. The molecule has 0 bridgehead atoms. The molecule has 0 spiro atoms. The van der Waals surface area contributed by atoms with Crippen LogP contribution < -0.4 is 0 Å². The molecule has 0 atom stereocenters. The van der Waals surface area contributed by atoms with Crippen molar-refractivity contribution in [3.05, 3.63) is 45.8 Å². The SMILES string of the molecule is CC1=CCCN(S(=O)(=O)c2ccc([N+](=O)[O-])c(F)c2)C1. The summed E-state index contributed by atoms with van der Waals surface area (Å²) in [6, 6.07) is 2.63. The smallest absolute Gasteiger partial charge is 0.258 e. The van der Waals surface area contributed by atoms with Crippen molar-refractivity contribution < 1.29 is 17.7 Å². The van der Waals surface area contributed by atoms with E-state index in [2.05, 4.69) is 0 Å². The van der Waals surface area contributed by atoms with Gasteiger partial charge in [-0.2, -0.15) is 8.70 Å². The minimum absolute atomic E-state index is 0.251. The number of benzene rings is 1. The minimum Gasteiger partial charge on any atom is -0.258 e. The van der Waals surface area contributed by atoms with Gasteiger partial charge in [0.15, 0.2) is 0 Å². The van der Waals surface area contributed by atoms with Crippen molar-refractivity contribution in [1.82, 2.24) is 4.31 Å². The maximum atomic E-state index is 13.5. The van der Waals surface area contributed by atoms with Crippen molar-refractivity contribution >= 4 is 15.7 Å². The Labute approximate surface area is 115 Å². The Kier molecular flexibility index (Phi) is 3.87. The fourth-order valence-electron chi connectivity index (χ4n) is 2.03. The number of hydrogen-bond donors (Lipinski definition) is 0. The Bertz CT molecular complexity index is 685. The zero-order valence-corrected chi connectivity index (χ0v) is 11.6. The van der Waals surface area contributed by atoms with Gasteiger partial charge in [-0.3, -0.25) is 10.1 Å². The average molecular weight is 300 g/mol. The molecule has 2 rings (SSSR count). The van der Waals surface area contributed by atoms with E-state index in [1.807, 2.05) is 13.0 Å². The molecule has 0 unspecified atom stereocenters. The summed E-state index contributed by atoms with van der Waals surface area (Å²) < 4.78 is 39.4. The van der Waals surface area contributed by atoms with E-state index in [9.17, 15) is 22.9 Å². The molecule has 0 amide bonds. The number of nitro groups is 1. The molecule has 20 heavy (non-hydrogen) atoms. The second kappa shape index (κ2) is 5.29. The maximum absolute atomic E-state index is 13.5. The molecule has 0 N–H and O–H groups in total. The van der Waals surface area contributed by atoms with Gasteiger partial charge in [-0.1, -0.05) is 11.6 Å². The predicted molar refractivity (Wildman–Crippen MR) is 70.2 cm³/mol. The van der Waals surface area contributed by atoms with E-state index >= 15 is 0 Å². The molecule has 6 nitrogen and oxygen atoms in total. The topological polar surface area (TPSA) is 80.5 Å². The van der Waals surface area contributed by atoms with Gasteiger partial charge < -0.3 is 0 Å². The predicted octanol–water partition coefficient (Wildman–Crippen LogP) is 2.07. The summed E-state index contributed by atoms with van der Waals surface area (Å²) in [5, 5.41) is 10.5. The summed E-state index contributed by atoms with van der Waals surface area (Å²) in [4.78, 5) is 9.37. The van der Waals surface area contributed by atoms with Crippen LogP contribution in [0.1, 0.15) is 13.3 Å². The van der Waals surface area contributed by atoms with E-state index in [0.717, 1.165) is 17.7 Å². The molecule has 0 saturated carbocycles. The quantitative estimate of drug-likeness (QED) is 0.486. The first kappa shape index (κ1) is 14.6. The average Bonchev–Trinajstić information content (AvgIpc) is 2.38. The summed E-state index contributed by atoms with van der Waals surface area (Å²) in [6.45, 7) is 2.39. The summed E-state index contributed by atoms with van der Waals surface area (Å²) in [5.41, 5.74) is 0.181. The molecule has 8 heteroatoms. The zero-order chi connectivity index (χ0) is 14.9. The molecule has 0 saturated heterocycles. The van der Waals surface area contributed by atoms with E-state index in [-0.39, 0.29) is 11.4 Å². The lowest BCUT2D eigenvalue weighted by atomic mass is 10.2. The molecular formula is C12H13FN2O4S. The van der Waals surface area contributed by atoms with E-state index in [1.54, 1.807) is 0 Å². The van der Waals surface area contributed by atoms with Crippen molar-refractivity contribution in [3.8, 4) is 0 Å². The van der Waals surface area contributed by atoms with Gasteiger partial charge in [0.1, 0.15) is 0 Å². The van der Waals surface area contributed by atoms with Crippen LogP contribution in [0.5, 0.6) is 0 Å². The first-order valence-electron chi connectivity index (χ1n) is 5.92. The van der Waals surface area contributed by atoms with E-state index in [0.29, 0.717) is 19.0 Å². The number of hydrogen-bond acceptors (Lipinski definition) is 4. The lowest BCUT2D eigenvalue weighted by Crippen LogP contribution is -2.35. The summed E-state index contributed by atoms with van der Waals surface area (Å²) in [7, 11) is -3.83. The normalized spacial score (nSPS) is 16.8. The van der Waals surface area contributed by atoms with E-state index < -0.39 is 26.5 Å². The Morgan fingerprint density at radius 1 is 1.40 bits per heavy atom. The molecule has 108 valence electrons. The Balaban J connectivity index is 2.38. The van der Waals surface area contributed by atoms with Crippen molar-refractivity contribution in [2.24, 2.45) is 0 Å². The van der Waals surface area contributed by atoms with Gasteiger partial charge in [0, 0.05) is 25.2 Å². The van der Waals surface area contributed by atoms with Gasteiger partial charge >= 0.3 is 5.69 Å². The van der Waals surface area contributed by atoms with Crippen LogP contribution in [-0.2, 0) is 10.0 Å². The first-order chi connectivity index (χ1) is 9.32. The highest BCUT2D eigenvalue weighted by atomic mass is 32.2. The van der Waals surface area contributed by atoms with Crippen LogP contribution in [0, 0.1) is 15.9 Å². The van der Waals surface area contributed by atoms with Crippen LogP contribution in [0.15, 0.2) is 34.7 Å². The fourth-order valence-corrected chi connectivity index (χ4v) is 3.54. The summed E-state index contributed by atoms with van der Waals surface area (Å²) in [6.07, 6.45) is 2.54. The van der Waals surface area contributed by atoms with E-state index in [4.69, 9.17) is 0 Å². The van der Waals surface area contributed by atoms with Crippen LogP contribution in [0.4, 0.5) is 10.1 Å². The van der Waals surface area contributed by atoms with Crippen molar-refractivity contribution in [2.45, 2.75) is 18.2 Å². The van der Waals surface area contributed by atoms with Crippen LogP contribution in [0.2, 0.25) is 0 Å². The maximum Gasteiger partial charge on any atom is 0.304 e. The van der Waals surface area contributed by atoms with Crippen molar-refractivity contribution in [3.63, 3.8) is 0 Å². The second-order valence-electron chi connectivity index (χ2n) is 4.55. The van der Waals surface area contributed by atoms with Gasteiger partial charge in [-0.15, -0.1) is 0 Å². The standard InChI is InChI=1S/C12H13FN2O4S/c1-9-3-2-6-14(8-9)20(18,19)10-4-5-12(15(16)17)11(13)7-10/h3-5,7H,2,6,8H2,1H3. The van der Waals surface area contributed by atoms with Crippen LogP contribution in [0.3, 0.4) is 0 Å². The summed E-state index contributed by atoms with van der Waals surface area (Å²) in [5.74, 6) is -1.15. The molecular weight excluding hydrogens is 287 g/mol. The molecule has 0 radical (unpaired) electrons. The Morgan fingerprint density at radius 2 is 2.10 bits per heavy atom. The third-order valence-corrected chi connectivity index (χ3v) is 4.89. The highest BCUT2D eigenvalue weighted by Gasteiger charge is 2.28. The Morgan fingerprint density at radius 3 is 2.65 bits per heavy atom. The van der Waals surface area contributed by atoms with Gasteiger partial charge in [0.05, 0.1) is 9.82 Å². The molecule has 0 aromatic heterocycles. The number of sulfonamides is 1. The van der Waals surface area contributed by atoms with Crippen molar-refractivity contribution in [2.75, 3.05) is 13.1 Å². The number of nitro benzene ring substituents is 1. The lowest BCUT2D eigenvalue weighted by molar-refractivity contribution is -0.387. The lowest BCUT2D eigenvalue weighted by Gasteiger charge is -2.25. The van der Waals surface area contributed by atoms with Crippen LogP contribution >= 0.6 is 0 Å². The third-order valence-electron chi connectivity index (χ3n) is 3.05. The van der Waals surface area contributed by atoms with Crippen LogP contribution in [-0.4, -0.2) is 30.7 Å². The Hall–Kier alpha value is -1.80. The molecule has 1 aliphatic rings. The molecule has 1 aliphatic heterocycles.